The molecule has 2 saturated heterocycles. The van der Waals surface area contributed by atoms with Gasteiger partial charge in [-0.25, -0.2) is 4.98 Å². The molecule has 138 valence electrons. The van der Waals surface area contributed by atoms with Crippen molar-refractivity contribution in [3.05, 3.63) is 46.2 Å². The van der Waals surface area contributed by atoms with Gasteiger partial charge in [0.25, 0.3) is 5.91 Å². The van der Waals surface area contributed by atoms with Crippen LogP contribution in [0.15, 0.2) is 29.8 Å². The fraction of sp³-hybridized carbons (Fsp3) is 0.526. The molecule has 26 heavy (non-hydrogen) atoms. The van der Waals surface area contributed by atoms with Gasteiger partial charge in [0.2, 0.25) is 0 Å². The number of pyridine rings is 1. The van der Waals surface area contributed by atoms with E-state index in [0.29, 0.717) is 5.69 Å². The molecule has 1 amide bonds. The minimum atomic E-state index is 0.0106. The number of piperidine rings is 1. The van der Waals surface area contributed by atoms with Gasteiger partial charge in [-0.15, -0.1) is 11.3 Å². The Balaban J connectivity index is 1.44. The summed E-state index contributed by atoms with van der Waals surface area (Å²) in [6.07, 6.45) is 3.52. The zero-order chi connectivity index (χ0) is 18.0. The second-order valence-corrected chi connectivity index (χ2v) is 8.13. The minimum Gasteiger partial charge on any atom is -0.378 e. The van der Waals surface area contributed by atoms with E-state index < -0.39 is 0 Å². The van der Waals surface area contributed by atoms with E-state index in [9.17, 15) is 4.79 Å². The fourth-order valence-corrected chi connectivity index (χ4v) is 4.53. The van der Waals surface area contributed by atoms with Gasteiger partial charge >= 0.3 is 0 Å². The number of aromatic nitrogens is 2. The quantitative estimate of drug-likeness (QED) is 0.828. The van der Waals surface area contributed by atoms with Gasteiger partial charge in [-0.2, -0.15) is 0 Å². The highest BCUT2D eigenvalue weighted by atomic mass is 32.1. The van der Waals surface area contributed by atoms with Crippen molar-refractivity contribution in [2.75, 3.05) is 32.8 Å². The molecule has 0 unspecified atom stereocenters. The zero-order valence-electron chi connectivity index (χ0n) is 15.1. The first-order valence-electron chi connectivity index (χ1n) is 9.10. The van der Waals surface area contributed by atoms with Crippen molar-refractivity contribution < 1.29 is 9.53 Å². The Morgan fingerprint density at radius 2 is 2.15 bits per heavy atom. The molecule has 2 aliphatic heterocycles. The summed E-state index contributed by atoms with van der Waals surface area (Å²) in [6.45, 7) is 6.82. The number of aryl methyl sites for hydroxylation is 1. The van der Waals surface area contributed by atoms with Gasteiger partial charge in [0.15, 0.2) is 0 Å². The van der Waals surface area contributed by atoms with Crippen LogP contribution in [0.1, 0.15) is 34.0 Å². The molecular weight excluding hydrogens is 348 g/mol. The maximum absolute atomic E-state index is 12.7. The van der Waals surface area contributed by atoms with Gasteiger partial charge in [0.1, 0.15) is 5.69 Å². The number of amides is 1. The number of carbonyl (C=O) groups is 1. The first kappa shape index (κ1) is 17.6. The molecule has 6 nitrogen and oxygen atoms in total. The predicted molar refractivity (Wildman–Crippen MR) is 100 cm³/mol. The lowest BCUT2D eigenvalue weighted by Gasteiger charge is -2.51. The van der Waals surface area contributed by atoms with Crippen LogP contribution in [0.25, 0.3) is 0 Å². The lowest BCUT2D eigenvalue weighted by Crippen LogP contribution is -2.61. The highest BCUT2D eigenvalue weighted by molar-refractivity contribution is 7.09. The molecule has 0 atom stereocenters. The highest BCUT2D eigenvalue weighted by Crippen LogP contribution is 2.33. The third-order valence-corrected chi connectivity index (χ3v) is 6.25. The van der Waals surface area contributed by atoms with Crippen LogP contribution in [-0.2, 0) is 11.3 Å². The van der Waals surface area contributed by atoms with Crippen LogP contribution >= 0.6 is 11.3 Å². The summed E-state index contributed by atoms with van der Waals surface area (Å²) in [7, 11) is 0. The van der Waals surface area contributed by atoms with Crippen molar-refractivity contribution >= 4 is 17.2 Å². The summed E-state index contributed by atoms with van der Waals surface area (Å²) < 4.78 is 5.84. The van der Waals surface area contributed by atoms with Crippen molar-refractivity contribution in [2.24, 2.45) is 0 Å². The van der Waals surface area contributed by atoms with E-state index in [1.807, 2.05) is 24.0 Å². The molecule has 2 aromatic heterocycles. The molecule has 1 spiro atoms. The average molecular weight is 372 g/mol. The number of morpholine rings is 1. The lowest BCUT2D eigenvalue weighted by atomic mass is 9.85. The van der Waals surface area contributed by atoms with E-state index in [1.54, 1.807) is 23.6 Å². The van der Waals surface area contributed by atoms with Gasteiger partial charge in [0.05, 0.1) is 23.9 Å². The Bertz CT molecular complexity index is 756. The molecule has 7 heteroatoms. The Morgan fingerprint density at radius 3 is 2.85 bits per heavy atom. The standard InChI is InChI=1S/C19H24N4O2S/c1-15-21-16(13-26-15)12-23-10-11-25-14-19(23)5-8-22(9-6-19)18(24)17-4-2-3-7-20-17/h2-4,7,13H,5-6,8-12,14H2,1H3. The van der Waals surface area contributed by atoms with Gasteiger partial charge in [-0.1, -0.05) is 6.07 Å². The maximum Gasteiger partial charge on any atom is 0.272 e. The van der Waals surface area contributed by atoms with Gasteiger partial charge < -0.3 is 9.64 Å². The predicted octanol–water partition coefficient (Wildman–Crippen LogP) is 2.35. The van der Waals surface area contributed by atoms with Crippen LogP contribution in [0.3, 0.4) is 0 Å². The van der Waals surface area contributed by atoms with Crippen LogP contribution < -0.4 is 0 Å². The molecule has 0 aliphatic carbocycles. The molecule has 4 rings (SSSR count). The number of ether oxygens (including phenoxy) is 1. The molecule has 0 bridgehead atoms. The Hall–Kier alpha value is -1.83. The number of thiazole rings is 1. The van der Waals surface area contributed by atoms with Crippen LogP contribution in [0, 0.1) is 6.92 Å². The Labute approximate surface area is 157 Å². The molecule has 4 heterocycles. The monoisotopic (exact) mass is 372 g/mol. The molecule has 0 saturated carbocycles. The smallest absolute Gasteiger partial charge is 0.272 e. The molecule has 2 aromatic rings. The number of hydrogen-bond acceptors (Lipinski definition) is 6. The molecule has 0 N–H and O–H groups in total. The van der Waals surface area contributed by atoms with E-state index in [2.05, 4.69) is 20.2 Å². The summed E-state index contributed by atoms with van der Waals surface area (Å²) >= 11 is 1.70. The first-order chi connectivity index (χ1) is 12.7. The van der Waals surface area contributed by atoms with Crippen LogP contribution in [-0.4, -0.2) is 64.1 Å². The van der Waals surface area contributed by atoms with Crippen molar-refractivity contribution in [2.45, 2.75) is 31.8 Å². The fourth-order valence-electron chi connectivity index (χ4n) is 3.93. The maximum atomic E-state index is 12.7. The summed E-state index contributed by atoms with van der Waals surface area (Å²) in [6, 6.07) is 5.48. The van der Waals surface area contributed by atoms with Crippen molar-refractivity contribution in [3.63, 3.8) is 0 Å². The summed E-state index contributed by atoms with van der Waals surface area (Å²) in [5.74, 6) is 0.0267. The summed E-state index contributed by atoms with van der Waals surface area (Å²) in [4.78, 5) is 25.9. The van der Waals surface area contributed by atoms with E-state index >= 15 is 0 Å². The number of nitrogens with zero attached hydrogens (tertiary/aromatic N) is 4. The highest BCUT2D eigenvalue weighted by Gasteiger charge is 2.43. The number of hydrogen-bond donors (Lipinski definition) is 0. The Morgan fingerprint density at radius 1 is 1.31 bits per heavy atom. The van der Waals surface area contributed by atoms with Gasteiger partial charge in [0, 0.05) is 43.3 Å². The van der Waals surface area contributed by atoms with E-state index in [1.165, 1.54) is 0 Å². The summed E-state index contributed by atoms with van der Waals surface area (Å²) in [5, 5.41) is 3.26. The second kappa shape index (κ2) is 7.42. The number of rotatable bonds is 3. The number of carbonyl (C=O) groups excluding carboxylic acids is 1. The Kier molecular flexibility index (Phi) is 5.02. The van der Waals surface area contributed by atoms with Crippen molar-refractivity contribution in [1.29, 1.82) is 0 Å². The normalized spacial score (nSPS) is 20.4. The molecular formula is C19H24N4O2S. The lowest BCUT2D eigenvalue weighted by molar-refractivity contribution is -0.0962. The molecule has 2 aliphatic rings. The van der Waals surface area contributed by atoms with Crippen molar-refractivity contribution in [1.82, 2.24) is 19.8 Å². The zero-order valence-corrected chi connectivity index (χ0v) is 15.9. The first-order valence-corrected chi connectivity index (χ1v) is 9.98. The molecule has 0 aromatic carbocycles. The van der Waals surface area contributed by atoms with Crippen molar-refractivity contribution in [3.8, 4) is 0 Å². The topological polar surface area (TPSA) is 58.6 Å². The molecule has 0 radical (unpaired) electrons. The third-order valence-electron chi connectivity index (χ3n) is 5.43. The van der Waals surface area contributed by atoms with Crippen LogP contribution in [0.4, 0.5) is 0 Å². The largest absolute Gasteiger partial charge is 0.378 e. The van der Waals surface area contributed by atoms with Crippen LogP contribution in [0.5, 0.6) is 0 Å². The minimum absolute atomic E-state index is 0.0106. The van der Waals surface area contributed by atoms with Gasteiger partial charge in [-0.05, 0) is 31.9 Å². The summed E-state index contributed by atoms with van der Waals surface area (Å²) in [5.41, 5.74) is 1.68. The van der Waals surface area contributed by atoms with E-state index in [-0.39, 0.29) is 11.4 Å². The SMILES string of the molecule is Cc1nc(CN2CCOCC23CCN(C(=O)c2ccccn2)CC3)cs1. The third kappa shape index (κ3) is 3.51. The van der Waals surface area contributed by atoms with E-state index in [4.69, 9.17) is 4.74 Å². The van der Waals surface area contributed by atoms with Crippen LogP contribution in [0.2, 0.25) is 0 Å². The second-order valence-electron chi connectivity index (χ2n) is 7.06. The van der Waals surface area contributed by atoms with E-state index in [0.717, 1.165) is 62.9 Å². The molecule has 2 fully saturated rings. The van der Waals surface area contributed by atoms with Gasteiger partial charge in [-0.3, -0.25) is 14.7 Å². The number of likely N-dealkylation sites (tertiary alicyclic amines) is 1. The average Bonchev–Trinajstić information content (AvgIpc) is 3.09.